The van der Waals surface area contributed by atoms with E-state index in [4.69, 9.17) is 4.42 Å². The fourth-order valence-electron chi connectivity index (χ4n) is 2.49. The number of rotatable bonds is 3. The monoisotopic (exact) mass is 361 g/mol. The fraction of sp³-hybridized carbons (Fsp3) is 0.167. The zero-order chi connectivity index (χ0) is 18.9. The largest absolute Gasteiger partial charge is 0.416 e. The average molecular weight is 361 g/mol. The van der Waals surface area contributed by atoms with Gasteiger partial charge in [0.05, 0.1) is 5.56 Å². The van der Waals surface area contributed by atoms with E-state index in [1.165, 1.54) is 6.07 Å². The second-order valence-corrected chi connectivity index (χ2v) is 5.82. The Kier molecular flexibility index (Phi) is 4.50. The summed E-state index contributed by atoms with van der Waals surface area (Å²) in [5.41, 5.74) is 1.63. The molecule has 134 valence electrons. The number of anilines is 1. The van der Waals surface area contributed by atoms with Crippen molar-refractivity contribution in [2.24, 2.45) is 0 Å². The van der Waals surface area contributed by atoms with Gasteiger partial charge in [-0.15, -0.1) is 5.10 Å². The first kappa shape index (κ1) is 17.7. The van der Waals surface area contributed by atoms with E-state index in [9.17, 15) is 18.0 Å². The summed E-state index contributed by atoms with van der Waals surface area (Å²) in [6.45, 7) is 3.84. The molecule has 0 aliphatic heterocycles. The van der Waals surface area contributed by atoms with Crippen molar-refractivity contribution in [2.75, 3.05) is 5.32 Å². The van der Waals surface area contributed by atoms with Crippen molar-refractivity contribution in [1.82, 2.24) is 10.2 Å². The Balaban J connectivity index is 1.80. The molecule has 0 atom stereocenters. The van der Waals surface area contributed by atoms with Crippen LogP contribution in [-0.2, 0) is 6.18 Å². The Morgan fingerprint density at radius 1 is 1.04 bits per heavy atom. The molecule has 1 N–H and O–H groups in total. The third kappa shape index (κ3) is 3.90. The minimum atomic E-state index is -4.53. The quantitative estimate of drug-likeness (QED) is 0.739. The fourth-order valence-corrected chi connectivity index (χ4v) is 2.49. The number of aromatic nitrogens is 2. The van der Waals surface area contributed by atoms with Gasteiger partial charge in [0.25, 0.3) is 5.91 Å². The summed E-state index contributed by atoms with van der Waals surface area (Å²) >= 11 is 0. The van der Waals surface area contributed by atoms with Crippen molar-refractivity contribution in [3.63, 3.8) is 0 Å². The second-order valence-electron chi connectivity index (χ2n) is 5.82. The van der Waals surface area contributed by atoms with Crippen molar-refractivity contribution < 1.29 is 22.4 Å². The van der Waals surface area contributed by atoms with E-state index < -0.39 is 17.6 Å². The Bertz CT molecular complexity index is 944. The molecule has 0 radical (unpaired) electrons. The molecule has 26 heavy (non-hydrogen) atoms. The number of carbonyl (C=O) groups excluding carboxylic acids is 1. The van der Waals surface area contributed by atoms with Crippen LogP contribution >= 0.6 is 0 Å². The highest BCUT2D eigenvalue weighted by atomic mass is 19.4. The van der Waals surface area contributed by atoms with Gasteiger partial charge in [-0.1, -0.05) is 28.4 Å². The van der Waals surface area contributed by atoms with Gasteiger partial charge in [0.1, 0.15) is 0 Å². The molecule has 1 amide bonds. The van der Waals surface area contributed by atoms with E-state index in [1.54, 1.807) is 0 Å². The van der Waals surface area contributed by atoms with Gasteiger partial charge in [0, 0.05) is 11.1 Å². The van der Waals surface area contributed by atoms with Crippen molar-refractivity contribution in [3.8, 4) is 11.5 Å². The number of hydrogen-bond acceptors (Lipinski definition) is 4. The number of carbonyl (C=O) groups is 1. The summed E-state index contributed by atoms with van der Waals surface area (Å²) in [5.74, 6) is -0.567. The van der Waals surface area contributed by atoms with Gasteiger partial charge in [0.15, 0.2) is 0 Å². The number of hydrogen-bond donors (Lipinski definition) is 1. The van der Waals surface area contributed by atoms with Crippen molar-refractivity contribution in [3.05, 3.63) is 64.7 Å². The van der Waals surface area contributed by atoms with Crippen LogP contribution in [0.2, 0.25) is 0 Å². The van der Waals surface area contributed by atoms with Gasteiger partial charge in [-0.3, -0.25) is 10.1 Å². The van der Waals surface area contributed by atoms with Crippen LogP contribution in [0.25, 0.3) is 11.5 Å². The highest BCUT2D eigenvalue weighted by molar-refractivity contribution is 6.03. The molecule has 8 heteroatoms. The molecule has 0 saturated carbocycles. The van der Waals surface area contributed by atoms with E-state index in [-0.39, 0.29) is 17.5 Å². The van der Waals surface area contributed by atoms with Gasteiger partial charge in [-0.25, -0.2) is 0 Å². The Hall–Kier alpha value is -3.16. The molecular formula is C18H14F3N3O2. The van der Waals surface area contributed by atoms with Crippen molar-refractivity contribution >= 4 is 11.9 Å². The average Bonchev–Trinajstić information content (AvgIpc) is 3.02. The van der Waals surface area contributed by atoms with Crippen LogP contribution in [0.15, 0.2) is 46.9 Å². The number of aryl methyl sites for hydroxylation is 2. The van der Waals surface area contributed by atoms with Crippen LogP contribution in [0.1, 0.15) is 27.0 Å². The van der Waals surface area contributed by atoms with Gasteiger partial charge < -0.3 is 4.42 Å². The van der Waals surface area contributed by atoms with E-state index in [0.717, 1.165) is 29.3 Å². The summed E-state index contributed by atoms with van der Waals surface area (Å²) in [6.07, 6.45) is -4.53. The van der Waals surface area contributed by atoms with E-state index >= 15 is 0 Å². The molecule has 0 unspecified atom stereocenters. The zero-order valence-corrected chi connectivity index (χ0v) is 13.9. The first-order valence-electron chi connectivity index (χ1n) is 7.63. The lowest BCUT2D eigenvalue weighted by Gasteiger charge is -2.07. The highest BCUT2D eigenvalue weighted by Gasteiger charge is 2.31. The van der Waals surface area contributed by atoms with Crippen molar-refractivity contribution in [1.29, 1.82) is 0 Å². The SMILES string of the molecule is Cc1cc(C)cc(-c2nnc(NC(=O)c3cccc(C(F)(F)F)c3)o2)c1. The third-order valence-corrected chi connectivity index (χ3v) is 3.57. The number of amides is 1. The first-order valence-corrected chi connectivity index (χ1v) is 7.63. The third-order valence-electron chi connectivity index (χ3n) is 3.57. The van der Waals surface area contributed by atoms with Gasteiger partial charge in [-0.05, 0) is 44.2 Å². The standard InChI is InChI=1S/C18H14F3N3O2/c1-10-6-11(2)8-13(7-10)16-23-24-17(26-16)22-15(25)12-4-3-5-14(9-12)18(19,20)21/h3-9H,1-2H3,(H,22,24,25). The maximum atomic E-state index is 12.7. The lowest BCUT2D eigenvalue weighted by Crippen LogP contribution is -2.14. The van der Waals surface area contributed by atoms with Crippen LogP contribution in [-0.4, -0.2) is 16.1 Å². The molecule has 0 bridgehead atoms. The molecule has 1 aromatic heterocycles. The minimum absolute atomic E-state index is 0.161. The van der Waals surface area contributed by atoms with Gasteiger partial charge in [-0.2, -0.15) is 13.2 Å². The molecule has 0 aliphatic carbocycles. The maximum absolute atomic E-state index is 12.7. The van der Waals surface area contributed by atoms with Gasteiger partial charge in [0.2, 0.25) is 5.89 Å². The van der Waals surface area contributed by atoms with E-state index in [0.29, 0.717) is 5.56 Å². The molecule has 0 aliphatic rings. The van der Waals surface area contributed by atoms with Gasteiger partial charge >= 0.3 is 12.2 Å². The van der Waals surface area contributed by atoms with Crippen molar-refractivity contribution in [2.45, 2.75) is 20.0 Å². The zero-order valence-electron chi connectivity index (χ0n) is 13.9. The van der Waals surface area contributed by atoms with E-state index in [2.05, 4.69) is 15.5 Å². The van der Waals surface area contributed by atoms with Crippen LogP contribution in [0.3, 0.4) is 0 Å². The second kappa shape index (κ2) is 6.62. The first-order chi connectivity index (χ1) is 12.2. The Labute approximate surface area is 146 Å². The summed E-state index contributed by atoms with van der Waals surface area (Å²) in [5, 5.41) is 9.89. The maximum Gasteiger partial charge on any atom is 0.416 e. The lowest BCUT2D eigenvalue weighted by molar-refractivity contribution is -0.137. The molecule has 3 rings (SSSR count). The summed E-state index contributed by atoms with van der Waals surface area (Å²) < 4.78 is 43.6. The molecule has 3 aromatic rings. The smallest absolute Gasteiger partial charge is 0.403 e. The van der Waals surface area contributed by atoms with Crippen LogP contribution in [0.5, 0.6) is 0 Å². The number of halogens is 3. The number of nitrogens with zero attached hydrogens (tertiary/aromatic N) is 2. The number of nitrogens with one attached hydrogen (secondary N) is 1. The molecular weight excluding hydrogens is 347 g/mol. The lowest BCUT2D eigenvalue weighted by atomic mass is 10.1. The van der Waals surface area contributed by atoms with E-state index in [1.807, 2.05) is 32.0 Å². The molecule has 0 spiro atoms. The van der Waals surface area contributed by atoms with Crippen LogP contribution in [0, 0.1) is 13.8 Å². The summed E-state index contributed by atoms with van der Waals surface area (Å²) in [7, 11) is 0. The molecule has 1 heterocycles. The highest BCUT2D eigenvalue weighted by Crippen LogP contribution is 2.29. The minimum Gasteiger partial charge on any atom is -0.403 e. The Morgan fingerprint density at radius 2 is 1.73 bits per heavy atom. The summed E-state index contributed by atoms with van der Waals surface area (Å²) in [4.78, 5) is 12.1. The predicted molar refractivity (Wildman–Crippen MR) is 88.6 cm³/mol. The predicted octanol–water partition coefficient (Wildman–Crippen LogP) is 4.62. The topological polar surface area (TPSA) is 68.0 Å². The number of alkyl halides is 3. The number of benzene rings is 2. The van der Waals surface area contributed by atoms with Crippen LogP contribution in [0.4, 0.5) is 19.2 Å². The molecule has 0 fully saturated rings. The summed E-state index contributed by atoms with van der Waals surface area (Å²) in [6, 6.07) is 9.56. The molecule has 5 nitrogen and oxygen atoms in total. The molecule has 2 aromatic carbocycles. The van der Waals surface area contributed by atoms with Crippen LogP contribution < -0.4 is 5.32 Å². The Morgan fingerprint density at radius 3 is 2.38 bits per heavy atom. The molecule has 0 saturated heterocycles. The normalized spacial score (nSPS) is 11.4.